The van der Waals surface area contributed by atoms with Gasteiger partial charge in [-0.3, -0.25) is 0 Å². The maximum Gasteiger partial charge on any atom is 0.0962 e. The highest BCUT2D eigenvalue weighted by molar-refractivity contribution is 4.79. The molecule has 0 saturated carbocycles. The number of ether oxygens (including phenoxy) is 3. The van der Waals surface area contributed by atoms with Gasteiger partial charge in [-0.05, 0) is 18.9 Å². The molecule has 1 aliphatic rings. The minimum absolute atomic E-state index is 0.173. The predicted molar refractivity (Wildman–Crippen MR) is 68.3 cm³/mol. The van der Waals surface area contributed by atoms with E-state index in [0.29, 0.717) is 31.8 Å². The van der Waals surface area contributed by atoms with Gasteiger partial charge >= 0.3 is 0 Å². The van der Waals surface area contributed by atoms with Crippen LogP contribution < -0.4 is 5.32 Å². The Hall–Kier alpha value is -0.160. The summed E-state index contributed by atoms with van der Waals surface area (Å²) in [4.78, 5) is 0. The van der Waals surface area contributed by atoms with Crippen LogP contribution in [0.4, 0.5) is 0 Å². The molecular weight excluding hydrogens is 218 g/mol. The van der Waals surface area contributed by atoms with Crippen molar-refractivity contribution in [2.75, 3.05) is 39.6 Å². The van der Waals surface area contributed by atoms with Gasteiger partial charge in [0, 0.05) is 19.3 Å². The lowest BCUT2D eigenvalue weighted by molar-refractivity contribution is -0.0819. The summed E-state index contributed by atoms with van der Waals surface area (Å²) < 4.78 is 16.8. The molecule has 1 rings (SSSR count). The van der Waals surface area contributed by atoms with Crippen molar-refractivity contribution in [3.8, 4) is 0 Å². The minimum atomic E-state index is 0.173. The van der Waals surface area contributed by atoms with E-state index in [-0.39, 0.29) is 6.10 Å². The van der Waals surface area contributed by atoms with Crippen LogP contribution in [-0.2, 0) is 14.2 Å². The summed E-state index contributed by atoms with van der Waals surface area (Å²) in [5.41, 5.74) is 0. The lowest BCUT2D eigenvalue weighted by Crippen LogP contribution is -2.48. The molecule has 0 aromatic rings. The van der Waals surface area contributed by atoms with Crippen molar-refractivity contribution in [3.05, 3.63) is 0 Å². The van der Waals surface area contributed by atoms with Crippen LogP contribution in [0.15, 0.2) is 0 Å². The molecule has 1 aliphatic heterocycles. The van der Waals surface area contributed by atoms with E-state index in [4.69, 9.17) is 14.2 Å². The van der Waals surface area contributed by atoms with Crippen LogP contribution in [0.3, 0.4) is 0 Å². The first-order valence-corrected chi connectivity index (χ1v) is 6.74. The first kappa shape index (κ1) is 14.9. The van der Waals surface area contributed by atoms with Gasteiger partial charge in [0.1, 0.15) is 0 Å². The van der Waals surface area contributed by atoms with Gasteiger partial charge in [-0.2, -0.15) is 0 Å². The highest BCUT2D eigenvalue weighted by atomic mass is 16.6. The first-order valence-electron chi connectivity index (χ1n) is 6.74. The standard InChI is InChI=1S/C13H27NO3/c1-4-14-12-5-6-15-10-13(12)17-8-7-16-9-11(2)3/h11-14H,4-10H2,1-3H3. The molecule has 0 radical (unpaired) electrons. The summed E-state index contributed by atoms with van der Waals surface area (Å²) in [6.45, 7) is 11.1. The summed E-state index contributed by atoms with van der Waals surface area (Å²) in [5, 5.41) is 3.45. The van der Waals surface area contributed by atoms with Crippen molar-refractivity contribution in [1.29, 1.82) is 0 Å². The maximum atomic E-state index is 5.82. The molecule has 1 saturated heterocycles. The van der Waals surface area contributed by atoms with Gasteiger partial charge < -0.3 is 19.5 Å². The van der Waals surface area contributed by atoms with Gasteiger partial charge in [-0.15, -0.1) is 0 Å². The Morgan fingerprint density at radius 2 is 2.18 bits per heavy atom. The summed E-state index contributed by atoms with van der Waals surface area (Å²) in [5.74, 6) is 0.586. The van der Waals surface area contributed by atoms with Gasteiger partial charge in [0.15, 0.2) is 0 Å². The zero-order valence-corrected chi connectivity index (χ0v) is 11.4. The monoisotopic (exact) mass is 245 g/mol. The second-order valence-electron chi connectivity index (χ2n) is 4.91. The van der Waals surface area contributed by atoms with Gasteiger partial charge in [0.25, 0.3) is 0 Å². The molecule has 17 heavy (non-hydrogen) atoms. The van der Waals surface area contributed by atoms with Crippen LogP contribution in [-0.4, -0.2) is 51.7 Å². The van der Waals surface area contributed by atoms with Crippen molar-refractivity contribution in [3.63, 3.8) is 0 Å². The number of nitrogens with one attached hydrogen (secondary N) is 1. The zero-order chi connectivity index (χ0) is 12.5. The topological polar surface area (TPSA) is 39.7 Å². The Bertz CT molecular complexity index is 186. The molecule has 0 aliphatic carbocycles. The fraction of sp³-hybridized carbons (Fsp3) is 1.00. The molecule has 4 heteroatoms. The van der Waals surface area contributed by atoms with Gasteiger partial charge in [-0.1, -0.05) is 20.8 Å². The zero-order valence-electron chi connectivity index (χ0n) is 11.4. The van der Waals surface area contributed by atoms with Crippen LogP contribution in [0.5, 0.6) is 0 Å². The maximum absolute atomic E-state index is 5.82. The fourth-order valence-electron chi connectivity index (χ4n) is 1.95. The van der Waals surface area contributed by atoms with Crippen LogP contribution in [0.25, 0.3) is 0 Å². The Morgan fingerprint density at radius 1 is 1.35 bits per heavy atom. The summed E-state index contributed by atoms with van der Waals surface area (Å²) >= 11 is 0. The molecule has 0 aromatic carbocycles. The van der Waals surface area contributed by atoms with E-state index in [2.05, 4.69) is 26.1 Å². The van der Waals surface area contributed by atoms with E-state index in [1.165, 1.54) is 0 Å². The molecule has 0 bridgehead atoms. The molecule has 2 atom stereocenters. The molecule has 0 aromatic heterocycles. The average Bonchev–Trinajstić information content (AvgIpc) is 2.31. The van der Waals surface area contributed by atoms with Crippen molar-refractivity contribution >= 4 is 0 Å². The molecule has 0 spiro atoms. The summed E-state index contributed by atoms with van der Waals surface area (Å²) in [6, 6.07) is 0.429. The van der Waals surface area contributed by atoms with Crippen molar-refractivity contribution < 1.29 is 14.2 Å². The smallest absolute Gasteiger partial charge is 0.0962 e. The van der Waals surface area contributed by atoms with Crippen LogP contribution >= 0.6 is 0 Å². The number of hydrogen-bond acceptors (Lipinski definition) is 4. The Morgan fingerprint density at radius 3 is 2.88 bits per heavy atom. The van der Waals surface area contributed by atoms with E-state index in [1.54, 1.807) is 0 Å². The second kappa shape index (κ2) is 8.86. The van der Waals surface area contributed by atoms with Crippen molar-refractivity contribution in [1.82, 2.24) is 5.32 Å². The highest BCUT2D eigenvalue weighted by Crippen LogP contribution is 2.11. The largest absolute Gasteiger partial charge is 0.379 e. The van der Waals surface area contributed by atoms with Crippen molar-refractivity contribution in [2.45, 2.75) is 39.3 Å². The summed E-state index contributed by atoms with van der Waals surface area (Å²) in [6.07, 6.45) is 1.21. The molecule has 4 nitrogen and oxygen atoms in total. The number of likely N-dealkylation sites (N-methyl/N-ethyl adjacent to an activating group) is 1. The molecule has 0 amide bonds. The predicted octanol–water partition coefficient (Wildman–Crippen LogP) is 1.44. The summed E-state index contributed by atoms with van der Waals surface area (Å²) in [7, 11) is 0. The van der Waals surface area contributed by atoms with Crippen LogP contribution in [0.2, 0.25) is 0 Å². The van der Waals surface area contributed by atoms with Gasteiger partial charge in [0.2, 0.25) is 0 Å². The minimum Gasteiger partial charge on any atom is -0.379 e. The quantitative estimate of drug-likeness (QED) is 0.657. The molecule has 2 unspecified atom stereocenters. The number of rotatable bonds is 8. The third kappa shape index (κ3) is 6.36. The third-order valence-electron chi connectivity index (χ3n) is 2.78. The normalized spacial score (nSPS) is 25.4. The van der Waals surface area contributed by atoms with E-state index in [9.17, 15) is 0 Å². The van der Waals surface area contributed by atoms with E-state index in [1.807, 2.05) is 0 Å². The van der Waals surface area contributed by atoms with Crippen LogP contribution in [0.1, 0.15) is 27.2 Å². The van der Waals surface area contributed by atoms with E-state index < -0.39 is 0 Å². The van der Waals surface area contributed by atoms with E-state index >= 15 is 0 Å². The highest BCUT2D eigenvalue weighted by Gasteiger charge is 2.25. The average molecular weight is 245 g/mol. The fourth-order valence-corrected chi connectivity index (χ4v) is 1.95. The van der Waals surface area contributed by atoms with Gasteiger partial charge in [-0.25, -0.2) is 0 Å². The Balaban J connectivity index is 2.10. The molecule has 1 heterocycles. The second-order valence-corrected chi connectivity index (χ2v) is 4.91. The molecule has 1 N–H and O–H groups in total. The molecule has 102 valence electrons. The first-order chi connectivity index (χ1) is 8.24. The third-order valence-corrected chi connectivity index (χ3v) is 2.78. The van der Waals surface area contributed by atoms with Crippen LogP contribution in [0, 0.1) is 5.92 Å². The SMILES string of the molecule is CCNC1CCOCC1OCCOCC(C)C. The van der Waals surface area contributed by atoms with Crippen molar-refractivity contribution in [2.24, 2.45) is 5.92 Å². The molecule has 1 fully saturated rings. The van der Waals surface area contributed by atoms with E-state index in [0.717, 1.165) is 26.2 Å². The molecular formula is C13H27NO3. The Labute approximate surface area is 105 Å². The number of hydrogen-bond donors (Lipinski definition) is 1. The van der Waals surface area contributed by atoms with Gasteiger partial charge in [0.05, 0.1) is 25.9 Å². The Kier molecular flexibility index (Phi) is 7.77. The lowest BCUT2D eigenvalue weighted by atomic mass is 10.1. The lowest BCUT2D eigenvalue weighted by Gasteiger charge is -2.32.